The lowest BCUT2D eigenvalue weighted by atomic mass is 9.91. The van der Waals surface area contributed by atoms with E-state index in [9.17, 15) is 0 Å². The summed E-state index contributed by atoms with van der Waals surface area (Å²) in [7, 11) is 0. The highest BCUT2D eigenvalue weighted by atomic mass is 32.1. The Hall–Kier alpha value is -6.16. The van der Waals surface area contributed by atoms with Gasteiger partial charge in [0.2, 0.25) is 0 Å². The third kappa shape index (κ3) is 3.82. The van der Waals surface area contributed by atoms with E-state index in [0.29, 0.717) is 0 Å². The Balaban J connectivity index is 1.34. The van der Waals surface area contributed by atoms with Crippen LogP contribution in [0.2, 0.25) is 0 Å². The van der Waals surface area contributed by atoms with Crippen molar-refractivity contribution in [2.45, 2.75) is 0 Å². The predicted molar refractivity (Wildman–Crippen MR) is 211 cm³/mol. The number of fused-ring (bicyclic) bond motifs is 10. The van der Waals surface area contributed by atoms with Crippen molar-refractivity contribution >= 4 is 86.6 Å². The second-order valence-corrected chi connectivity index (χ2v) is 13.9. The lowest BCUT2D eigenvalue weighted by Crippen LogP contribution is -1.94. The second kappa shape index (κ2) is 10.2. The monoisotopic (exact) mass is 640 g/mol. The first-order valence-corrected chi connectivity index (χ1v) is 17.6. The van der Waals surface area contributed by atoms with Gasteiger partial charge in [0.25, 0.3) is 0 Å². The summed E-state index contributed by atoms with van der Waals surface area (Å²) in [5.41, 5.74) is 9.80. The number of thiophene rings is 1. The van der Waals surface area contributed by atoms with Gasteiger partial charge in [-0.15, -0.1) is 11.3 Å². The summed E-state index contributed by atoms with van der Waals surface area (Å²) in [5.74, 6) is 0. The second-order valence-electron chi connectivity index (χ2n) is 13.0. The van der Waals surface area contributed by atoms with Crippen LogP contribution in [0.5, 0.6) is 0 Å². The minimum atomic E-state index is 1.17. The Kier molecular flexibility index (Phi) is 5.57. The van der Waals surface area contributed by atoms with E-state index in [-0.39, 0.29) is 0 Å². The van der Waals surface area contributed by atoms with Crippen LogP contribution in [0.4, 0.5) is 0 Å². The van der Waals surface area contributed by atoms with Crippen molar-refractivity contribution in [1.82, 2.24) is 9.13 Å². The Bertz CT molecular complexity index is 3090. The van der Waals surface area contributed by atoms with E-state index in [1.807, 2.05) is 11.3 Å². The van der Waals surface area contributed by atoms with Gasteiger partial charge in [-0.1, -0.05) is 91.0 Å². The molecule has 0 aliphatic rings. The number of hydrogen-bond donors (Lipinski definition) is 0. The summed E-state index contributed by atoms with van der Waals surface area (Å²) in [5, 5.41) is 13.8. The van der Waals surface area contributed by atoms with E-state index >= 15 is 0 Å². The van der Waals surface area contributed by atoms with Gasteiger partial charge in [0, 0.05) is 48.6 Å². The average molecular weight is 641 g/mol. The topological polar surface area (TPSA) is 9.86 Å². The van der Waals surface area contributed by atoms with Crippen LogP contribution in [0.25, 0.3) is 97.7 Å². The molecule has 8 aromatic carbocycles. The molecule has 3 heteroatoms. The zero-order valence-corrected chi connectivity index (χ0v) is 27.3. The number of hydrogen-bond acceptors (Lipinski definition) is 1. The van der Waals surface area contributed by atoms with Crippen LogP contribution in [0.3, 0.4) is 0 Å². The molecular formula is C46H28N2S. The van der Waals surface area contributed by atoms with Crippen LogP contribution in [-0.4, -0.2) is 9.13 Å². The number of para-hydroxylation sites is 4. The van der Waals surface area contributed by atoms with Crippen LogP contribution in [0.1, 0.15) is 0 Å². The Labute approximate surface area is 286 Å². The van der Waals surface area contributed by atoms with Gasteiger partial charge in [0.15, 0.2) is 0 Å². The molecule has 0 aliphatic heterocycles. The molecule has 0 saturated carbocycles. The molecule has 3 heterocycles. The number of rotatable bonds is 3. The summed E-state index contributed by atoms with van der Waals surface area (Å²) in [4.78, 5) is 0. The summed E-state index contributed by atoms with van der Waals surface area (Å²) in [6.07, 6.45) is 0. The highest BCUT2D eigenvalue weighted by Crippen LogP contribution is 2.45. The maximum absolute atomic E-state index is 2.47. The average Bonchev–Trinajstić information content (AvgIpc) is 3.83. The fraction of sp³-hybridized carbons (Fsp3) is 0. The first kappa shape index (κ1) is 26.9. The minimum absolute atomic E-state index is 1.17. The maximum atomic E-state index is 2.47. The predicted octanol–water partition coefficient (Wildman–Crippen LogP) is 13.1. The SMILES string of the molecule is c1ccc(-n2c3ccccc3c3cc4c(cc(-c5csc6ccccc56)c5cc6c(cc54)c4ccccc4n6-c4ccccc4)cc32)cc1. The third-order valence-electron chi connectivity index (χ3n) is 10.3. The van der Waals surface area contributed by atoms with Crippen molar-refractivity contribution in [3.05, 3.63) is 169 Å². The van der Waals surface area contributed by atoms with Gasteiger partial charge in [-0.2, -0.15) is 0 Å². The molecular weight excluding hydrogens is 613 g/mol. The van der Waals surface area contributed by atoms with E-state index in [1.165, 1.54) is 97.7 Å². The van der Waals surface area contributed by atoms with Crippen LogP contribution >= 0.6 is 11.3 Å². The van der Waals surface area contributed by atoms with Crippen molar-refractivity contribution in [2.24, 2.45) is 0 Å². The Morgan fingerprint density at radius 2 is 0.857 bits per heavy atom. The molecule has 0 spiro atoms. The number of benzene rings is 8. The molecule has 49 heavy (non-hydrogen) atoms. The first-order chi connectivity index (χ1) is 24.3. The van der Waals surface area contributed by atoms with Gasteiger partial charge in [-0.25, -0.2) is 0 Å². The molecule has 0 unspecified atom stereocenters. The van der Waals surface area contributed by atoms with Crippen molar-refractivity contribution in [1.29, 1.82) is 0 Å². The highest BCUT2D eigenvalue weighted by Gasteiger charge is 2.20. The molecule has 11 rings (SSSR count). The van der Waals surface area contributed by atoms with Gasteiger partial charge < -0.3 is 9.13 Å². The molecule has 0 amide bonds. The van der Waals surface area contributed by atoms with Crippen LogP contribution in [-0.2, 0) is 0 Å². The summed E-state index contributed by atoms with van der Waals surface area (Å²) >= 11 is 1.83. The molecule has 0 saturated heterocycles. The lowest BCUT2D eigenvalue weighted by Gasteiger charge is -2.14. The summed E-state index contributed by atoms with van der Waals surface area (Å²) in [6.45, 7) is 0. The lowest BCUT2D eigenvalue weighted by molar-refractivity contribution is 1.18. The molecule has 2 nitrogen and oxygen atoms in total. The number of nitrogens with zero attached hydrogens (tertiary/aromatic N) is 2. The van der Waals surface area contributed by atoms with Crippen molar-refractivity contribution in [2.75, 3.05) is 0 Å². The van der Waals surface area contributed by atoms with Crippen molar-refractivity contribution in [3.63, 3.8) is 0 Å². The smallest absolute Gasteiger partial charge is 0.0547 e. The Morgan fingerprint density at radius 1 is 0.327 bits per heavy atom. The van der Waals surface area contributed by atoms with E-state index < -0.39 is 0 Å². The molecule has 3 aromatic heterocycles. The van der Waals surface area contributed by atoms with Crippen molar-refractivity contribution < 1.29 is 0 Å². The fourth-order valence-corrected chi connectivity index (χ4v) is 9.16. The van der Waals surface area contributed by atoms with Crippen LogP contribution < -0.4 is 0 Å². The van der Waals surface area contributed by atoms with Gasteiger partial charge >= 0.3 is 0 Å². The number of aromatic nitrogens is 2. The first-order valence-electron chi connectivity index (χ1n) is 16.8. The molecule has 0 bridgehead atoms. The Morgan fingerprint density at radius 3 is 1.51 bits per heavy atom. The highest BCUT2D eigenvalue weighted by molar-refractivity contribution is 7.17. The standard InChI is InChI=1S/C46H28N2S/c1-3-13-30(14-4-1)47-42-20-10-7-17-32(42)39-25-35-29(24-44(39)47)23-36(41-28-49-46-22-12-9-19-34(41)46)38-27-45-40(26-37(35)38)33-18-8-11-21-43(33)48(45)31-15-5-2-6-16-31/h1-28H. The van der Waals surface area contributed by atoms with Gasteiger partial charge in [-0.3, -0.25) is 0 Å². The largest absolute Gasteiger partial charge is 0.309 e. The zero-order chi connectivity index (χ0) is 32.1. The minimum Gasteiger partial charge on any atom is -0.309 e. The third-order valence-corrected chi connectivity index (χ3v) is 11.3. The molecule has 228 valence electrons. The molecule has 0 aliphatic carbocycles. The van der Waals surface area contributed by atoms with Crippen molar-refractivity contribution in [3.8, 4) is 22.5 Å². The molecule has 0 atom stereocenters. The zero-order valence-electron chi connectivity index (χ0n) is 26.5. The van der Waals surface area contributed by atoms with Gasteiger partial charge in [-0.05, 0) is 105 Å². The fourth-order valence-electron chi connectivity index (χ4n) is 8.20. The maximum Gasteiger partial charge on any atom is 0.0547 e. The van der Waals surface area contributed by atoms with E-state index in [4.69, 9.17) is 0 Å². The van der Waals surface area contributed by atoms with E-state index in [0.717, 1.165) is 0 Å². The van der Waals surface area contributed by atoms with Crippen LogP contribution in [0, 0.1) is 0 Å². The molecule has 0 fully saturated rings. The van der Waals surface area contributed by atoms with E-state index in [2.05, 4.69) is 178 Å². The molecule has 0 N–H and O–H groups in total. The molecule has 0 radical (unpaired) electrons. The van der Waals surface area contributed by atoms with Crippen LogP contribution in [0.15, 0.2) is 169 Å². The van der Waals surface area contributed by atoms with Gasteiger partial charge in [0.05, 0.1) is 22.1 Å². The van der Waals surface area contributed by atoms with Gasteiger partial charge in [0.1, 0.15) is 0 Å². The molecule has 11 aromatic rings. The normalized spacial score (nSPS) is 12.1. The van der Waals surface area contributed by atoms with E-state index in [1.54, 1.807) is 0 Å². The summed E-state index contributed by atoms with van der Waals surface area (Å²) in [6, 6.07) is 60.2. The summed E-state index contributed by atoms with van der Waals surface area (Å²) < 4.78 is 6.16. The quantitative estimate of drug-likeness (QED) is 0.170.